The lowest BCUT2D eigenvalue weighted by molar-refractivity contribution is -0.134. The van der Waals surface area contributed by atoms with Gasteiger partial charge in [-0.2, -0.15) is 0 Å². The van der Waals surface area contributed by atoms with Crippen molar-refractivity contribution in [2.45, 2.75) is 58.0 Å². The standard InChI is InChI=1S/C16H30N2O2.ClH/c1-2-10-18(13-15-5-3-4-11-20-15)16(19)7-6-14-8-9-17-12-14;/h14-15,17H,2-13H2,1H3;1H. The Hall–Kier alpha value is -0.320. The van der Waals surface area contributed by atoms with Crippen LogP contribution in [0.5, 0.6) is 0 Å². The van der Waals surface area contributed by atoms with Crippen LogP contribution in [0.15, 0.2) is 0 Å². The topological polar surface area (TPSA) is 41.6 Å². The Balaban J connectivity index is 0.00000220. The highest BCUT2D eigenvalue weighted by molar-refractivity contribution is 5.85. The fourth-order valence-corrected chi connectivity index (χ4v) is 3.23. The maximum Gasteiger partial charge on any atom is 0.222 e. The summed E-state index contributed by atoms with van der Waals surface area (Å²) in [6.45, 7) is 6.90. The minimum absolute atomic E-state index is 0. The van der Waals surface area contributed by atoms with E-state index in [9.17, 15) is 4.79 Å². The van der Waals surface area contributed by atoms with Gasteiger partial charge in [0.2, 0.25) is 5.91 Å². The maximum atomic E-state index is 12.4. The maximum absolute atomic E-state index is 12.4. The zero-order valence-corrected chi connectivity index (χ0v) is 14.1. The number of nitrogens with zero attached hydrogens (tertiary/aromatic N) is 1. The molecule has 124 valence electrons. The van der Waals surface area contributed by atoms with E-state index in [-0.39, 0.29) is 18.5 Å². The quantitative estimate of drug-likeness (QED) is 0.784. The van der Waals surface area contributed by atoms with E-state index in [1.54, 1.807) is 0 Å². The Morgan fingerprint density at radius 1 is 1.33 bits per heavy atom. The summed E-state index contributed by atoms with van der Waals surface area (Å²) in [7, 11) is 0. The lowest BCUT2D eigenvalue weighted by Gasteiger charge is -2.30. The number of hydrogen-bond donors (Lipinski definition) is 1. The molecule has 2 fully saturated rings. The van der Waals surface area contributed by atoms with Gasteiger partial charge in [-0.25, -0.2) is 0 Å². The predicted octanol–water partition coefficient (Wildman–Crippen LogP) is 2.61. The van der Waals surface area contributed by atoms with Gasteiger partial charge in [-0.3, -0.25) is 4.79 Å². The van der Waals surface area contributed by atoms with Gasteiger partial charge >= 0.3 is 0 Å². The van der Waals surface area contributed by atoms with Crippen LogP contribution in [0, 0.1) is 5.92 Å². The van der Waals surface area contributed by atoms with Crippen LogP contribution in [-0.2, 0) is 9.53 Å². The third kappa shape index (κ3) is 6.54. The van der Waals surface area contributed by atoms with Gasteiger partial charge in [-0.15, -0.1) is 12.4 Å². The molecule has 1 N–H and O–H groups in total. The number of carbonyl (C=O) groups is 1. The number of carbonyl (C=O) groups excluding carboxylic acids is 1. The van der Waals surface area contributed by atoms with Crippen molar-refractivity contribution in [3.63, 3.8) is 0 Å². The van der Waals surface area contributed by atoms with E-state index in [0.717, 1.165) is 52.0 Å². The van der Waals surface area contributed by atoms with Gasteiger partial charge in [0, 0.05) is 26.1 Å². The number of amides is 1. The monoisotopic (exact) mass is 318 g/mol. The van der Waals surface area contributed by atoms with Crippen molar-refractivity contribution in [1.29, 1.82) is 0 Å². The fraction of sp³-hybridized carbons (Fsp3) is 0.938. The molecule has 2 heterocycles. The van der Waals surface area contributed by atoms with E-state index >= 15 is 0 Å². The van der Waals surface area contributed by atoms with Crippen molar-refractivity contribution in [3.8, 4) is 0 Å². The van der Waals surface area contributed by atoms with Gasteiger partial charge in [0.1, 0.15) is 0 Å². The first kappa shape index (κ1) is 18.7. The average Bonchev–Trinajstić information content (AvgIpc) is 2.99. The van der Waals surface area contributed by atoms with E-state index in [4.69, 9.17) is 4.74 Å². The summed E-state index contributed by atoms with van der Waals surface area (Å²) >= 11 is 0. The van der Waals surface area contributed by atoms with Crippen LogP contribution in [0.4, 0.5) is 0 Å². The summed E-state index contributed by atoms with van der Waals surface area (Å²) in [4.78, 5) is 14.5. The lowest BCUT2D eigenvalue weighted by Crippen LogP contribution is -2.40. The molecule has 2 atom stereocenters. The van der Waals surface area contributed by atoms with Crippen LogP contribution < -0.4 is 5.32 Å². The summed E-state index contributed by atoms with van der Waals surface area (Å²) in [5.41, 5.74) is 0. The molecule has 0 bridgehead atoms. The SMILES string of the molecule is CCCN(CC1CCCCO1)C(=O)CCC1CCNC1.Cl. The molecule has 0 aromatic heterocycles. The summed E-state index contributed by atoms with van der Waals surface area (Å²) in [5.74, 6) is 1.03. The van der Waals surface area contributed by atoms with Crippen LogP contribution in [0.2, 0.25) is 0 Å². The first-order valence-corrected chi connectivity index (χ1v) is 8.39. The van der Waals surface area contributed by atoms with Crippen molar-refractivity contribution in [1.82, 2.24) is 10.2 Å². The van der Waals surface area contributed by atoms with Crippen LogP contribution in [0.1, 0.15) is 51.9 Å². The van der Waals surface area contributed by atoms with Gasteiger partial charge in [-0.05, 0) is 57.5 Å². The molecule has 0 radical (unpaired) electrons. The average molecular weight is 319 g/mol. The van der Waals surface area contributed by atoms with E-state index in [0.29, 0.717) is 18.2 Å². The van der Waals surface area contributed by atoms with Crippen molar-refractivity contribution >= 4 is 18.3 Å². The number of rotatable bonds is 7. The molecule has 0 saturated carbocycles. The van der Waals surface area contributed by atoms with Gasteiger partial charge < -0.3 is 15.0 Å². The third-order valence-electron chi connectivity index (χ3n) is 4.47. The lowest BCUT2D eigenvalue weighted by atomic mass is 10.0. The number of nitrogens with one attached hydrogen (secondary N) is 1. The van der Waals surface area contributed by atoms with E-state index in [1.807, 2.05) is 4.90 Å². The highest BCUT2D eigenvalue weighted by atomic mass is 35.5. The first-order chi connectivity index (χ1) is 9.79. The molecule has 0 spiro atoms. The van der Waals surface area contributed by atoms with Crippen LogP contribution in [-0.4, -0.2) is 49.7 Å². The summed E-state index contributed by atoms with van der Waals surface area (Å²) in [5, 5.41) is 3.37. The molecule has 0 aromatic carbocycles. The fourth-order valence-electron chi connectivity index (χ4n) is 3.23. The zero-order valence-electron chi connectivity index (χ0n) is 13.3. The normalized spacial score (nSPS) is 25.4. The minimum Gasteiger partial charge on any atom is -0.376 e. The van der Waals surface area contributed by atoms with Gasteiger partial charge in [0.15, 0.2) is 0 Å². The molecule has 1 amide bonds. The van der Waals surface area contributed by atoms with Crippen LogP contribution in [0.25, 0.3) is 0 Å². The first-order valence-electron chi connectivity index (χ1n) is 8.39. The molecule has 4 nitrogen and oxygen atoms in total. The molecule has 2 aliphatic rings. The van der Waals surface area contributed by atoms with E-state index in [2.05, 4.69) is 12.2 Å². The zero-order chi connectivity index (χ0) is 14.2. The van der Waals surface area contributed by atoms with Crippen molar-refractivity contribution in [2.24, 2.45) is 5.92 Å². The van der Waals surface area contributed by atoms with Crippen molar-refractivity contribution in [3.05, 3.63) is 0 Å². The molecule has 0 aromatic rings. The smallest absolute Gasteiger partial charge is 0.222 e. The predicted molar refractivity (Wildman–Crippen MR) is 87.9 cm³/mol. The molecule has 2 aliphatic heterocycles. The summed E-state index contributed by atoms with van der Waals surface area (Å²) in [6, 6.07) is 0. The van der Waals surface area contributed by atoms with E-state index in [1.165, 1.54) is 19.3 Å². The molecular weight excluding hydrogens is 288 g/mol. The Labute approximate surface area is 135 Å². The molecule has 21 heavy (non-hydrogen) atoms. The second-order valence-electron chi connectivity index (χ2n) is 6.23. The molecule has 2 saturated heterocycles. The van der Waals surface area contributed by atoms with E-state index < -0.39 is 0 Å². The molecule has 0 aliphatic carbocycles. The number of ether oxygens (including phenoxy) is 1. The van der Waals surface area contributed by atoms with Crippen LogP contribution in [0.3, 0.4) is 0 Å². The Kier molecular flexibility index (Phi) is 9.29. The van der Waals surface area contributed by atoms with Gasteiger partial charge in [0.25, 0.3) is 0 Å². The van der Waals surface area contributed by atoms with Gasteiger partial charge in [0.05, 0.1) is 6.10 Å². The van der Waals surface area contributed by atoms with Crippen molar-refractivity contribution < 1.29 is 9.53 Å². The number of halogens is 1. The Bertz CT molecular complexity index is 290. The van der Waals surface area contributed by atoms with Gasteiger partial charge in [-0.1, -0.05) is 6.92 Å². The molecular formula is C16H31ClN2O2. The Morgan fingerprint density at radius 2 is 2.19 bits per heavy atom. The van der Waals surface area contributed by atoms with Crippen molar-refractivity contribution in [2.75, 3.05) is 32.8 Å². The number of hydrogen-bond acceptors (Lipinski definition) is 3. The molecule has 2 unspecified atom stereocenters. The van der Waals surface area contributed by atoms with Crippen LogP contribution >= 0.6 is 12.4 Å². The molecule has 2 rings (SSSR count). The highest BCUT2D eigenvalue weighted by Crippen LogP contribution is 2.17. The summed E-state index contributed by atoms with van der Waals surface area (Å²) < 4.78 is 5.78. The minimum atomic E-state index is 0. The third-order valence-corrected chi connectivity index (χ3v) is 4.47. The summed E-state index contributed by atoms with van der Waals surface area (Å²) in [6.07, 6.45) is 7.80. The molecule has 5 heteroatoms. The Morgan fingerprint density at radius 3 is 2.81 bits per heavy atom. The second-order valence-corrected chi connectivity index (χ2v) is 6.23. The second kappa shape index (κ2) is 10.4. The largest absolute Gasteiger partial charge is 0.376 e. The highest BCUT2D eigenvalue weighted by Gasteiger charge is 2.22.